The highest BCUT2D eigenvalue weighted by Gasteiger charge is 2.12. The number of likely N-dealkylation sites (N-methyl/N-ethyl adjacent to an activating group) is 1. The maximum Gasteiger partial charge on any atom is 0.227 e. The average molecular weight is 234 g/mol. The largest absolute Gasteiger partial charge is 0.398 e. The number of nitrogens with two attached hydrogens (primary N) is 1. The quantitative estimate of drug-likeness (QED) is 0.768. The van der Waals surface area contributed by atoms with E-state index in [0.717, 1.165) is 31.5 Å². The molecule has 3 nitrogen and oxygen atoms in total. The second kappa shape index (κ2) is 6.94. The maximum absolute atomic E-state index is 12.1. The molecule has 0 unspecified atom stereocenters. The van der Waals surface area contributed by atoms with Crippen LogP contribution in [0.1, 0.15) is 32.3 Å². The molecule has 1 aromatic carbocycles. The number of carbonyl (C=O) groups is 1. The minimum Gasteiger partial charge on any atom is -0.398 e. The predicted octanol–water partition coefficient (Wildman–Crippen LogP) is 2.46. The molecule has 0 aliphatic rings. The molecule has 0 bridgehead atoms. The summed E-state index contributed by atoms with van der Waals surface area (Å²) in [5, 5.41) is 0. The normalized spacial score (nSPS) is 10.2. The number of hydrogen-bond acceptors (Lipinski definition) is 2. The van der Waals surface area contributed by atoms with Gasteiger partial charge in [-0.1, -0.05) is 31.5 Å². The van der Waals surface area contributed by atoms with E-state index in [9.17, 15) is 4.79 Å². The lowest BCUT2D eigenvalue weighted by Gasteiger charge is -2.21. The van der Waals surface area contributed by atoms with Crippen LogP contribution in [-0.4, -0.2) is 23.9 Å². The minimum atomic E-state index is 0.166. The summed E-state index contributed by atoms with van der Waals surface area (Å²) in [6.07, 6.45) is 2.57. The van der Waals surface area contributed by atoms with Crippen LogP contribution in [0.25, 0.3) is 0 Å². The fraction of sp³-hybridized carbons (Fsp3) is 0.500. The zero-order valence-electron chi connectivity index (χ0n) is 10.8. The SMILES string of the molecule is CCCCN(CC)C(=O)Cc1ccccc1N. The summed E-state index contributed by atoms with van der Waals surface area (Å²) in [4.78, 5) is 14.0. The van der Waals surface area contributed by atoms with Crippen LogP contribution in [0.4, 0.5) is 5.69 Å². The smallest absolute Gasteiger partial charge is 0.227 e. The highest BCUT2D eigenvalue weighted by atomic mass is 16.2. The van der Waals surface area contributed by atoms with E-state index in [1.807, 2.05) is 36.1 Å². The van der Waals surface area contributed by atoms with E-state index in [4.69, 9.17) is 5.73 Å². The lowest BCUT2D eigenvalue weighted by atomic mass is 10.1. The Morgan fingerprint density at radius 2 is 2.00 bits per heavy atom. The van der Waals surface area contributed by atoms with Crippen molar-refractivity contribution in [3.8, 4) is 0 Å². The van der Waals surface area contributed by atoms with Crippen LogP contribution in [0.3, 0.4) is 0 Å². The highest BCUT2D eigenvalue weighted by Crippen LogP contribution is 2.12. The molecular weight excluding hydrogens is 212 g/mol. The number of carbonyl (C=O) groups excluding carboxylic acids is 1. The van der Waals surface area contributed by atoms with Gasteiger partial charge >= 0.3 is 0 Å². The van der Waals surface area contributed by atoms with Crippen LogP contribution in [0.15, 0.2) is 24.3 Å². The molecule has 94 valence electrons. The fourth-order valence-electron chi connectivity index (χ4n) is 1.78. The number of rotatable bonds is 6. The average Bonchev–Trinajstić information content (AvgIpc) is 2.33. The minimum absolute atomic E-state index is 0.166. The van der Waals surface area contributed by atoms with Crippen molar-refractivity contribution in [3.63, 3.8) is 0 Å². The molecule has 0 saturated heterocycles. The first-order valence-corrected chi connectivity index (χ1v) is 6.30. The molecule has 1 amide bonds. The van der Waals surface area contributed by atoms with Gasteiger partial charge in [0.2, 0.25) is 5.91 Å². The summed E-state index contributed by atoms with van der Waals surface area (Å²) in [7, 11) is 0. The standard InChI is InChI=1S/C14H22N2O/c1-3-5-10-16(4-2)14(17)11-12-8-6-7-9-13(12)15/h6-9H,3-5,10-11,15H2,1-2H3. The summed E-state index contributed by atoms with van der Waals surface area (Å²) in [6.45, 7) is 5.76. The molecule has 2 N–H and O–H groups in total. The van der Waals surface area contributed by atoms with Crippen LogP contribution in [0, 0.1) is 0 Å². The zero-order chi connectivity index (χ0) is 12.7. The van der Waals surface area contributed by atoms with Gasteiger partial charge < -0.3 is 10.6 Å². The van der Waals surface area contributed by atoms with Crippen molar-refractivity contribution in [2.75, 3.05) is 18.8 Å². The van der Waals surface area contributed by atoms with E-state index in [-0.39, 0.29) is 5.91 Å². The summed E-state index contributed by atoms with van der Waals surface area (Å²) in [6, 6.07) is 7.56. The van der Waals surface area contributed by atoms with E-state index < -0.39 is 0 Å². The van der Waals surface area contributed by atoms with Crippen LogP contribution in [0.2, 0.25) is 0 Å². The van der Waals surface area contributed by atoms with E-state index in [1.54, 1.807) is 0 Å². The van der Waals surface area contributed by atoms with Gasteiger partial charge in [-0.25, -0.2) is 0 Å². The third-order valence-electron chi connectivity index (χ3n) is 2.91. The Kier molecular flexibility index (Phi) is 5.53. The third-order valence-corrected chi connectivity index (χ3v) is 2.91. The van der Waals surface area contributed by atoms with Gasteiger partial charge in [-0.15, -0.1) is 0 Å². The highest BCUT2D eigenvalue weighted by molar-refractivity contribution is 5.80. The van der Waals surface area contributed by atoms with E-state index in [2.05, 4.69) is 6.92 Å². The lowest BCUT2D eigenvalue weighted by molar-refractivity contribution is -0.130. The van der Waals surface area contributed by atoms with Crippen molar-refractivity contribution >= 4 is 11.6 Å². The van der Waals surface area contributed by atoms with Crippen molar-refractivity contribution in [2.45, 2.75) is 33.1 Å². The van der Waals surface area contributed by atoms with Crippen LogP contribution >= 0.6 is 0 Å². The molecule has 0 heterocycles. The van der Waals surface area contributed by atoms with Crippen LogP contribution in [0.5, 0.6) is 0 Å². The predicted molar refractivity (Wildman–Crippen MR) is 71.7 cm³/mol. The molecule has 1 aromatic rings. The number of anilines is 1. The number of para-hydroxylation sites is 1. The van der Waals surface area contributed by atoms with Gasteiger partial charge in [0, 0.05) is 18.8 Å². The molecule has 0 radical (unpaired) electrons. The number of nitrogen functional groups attached to an aromatic ring is 1. The van der Waals surface area contributed by atoms with Gasteiger partial charge in [0.05, 0.1) is 6.42 Å². The molecule has 0 aromatic heterocycles. The molecule has 3 heteroatoms. The van der Waals surface area contributed by atoms with Crippen molar-refractivity contribution < 1.29 is 4.79 Å². The maximum atomic E-state index is 12.1. The van der Waals surface area contributed by atoms with Crippen molar-refractivity contribution in [1.82, 2.24) is 4.90 Å². The first-order valence-electron chi connectivity index (χ1n) is 6.30. The Labute approximate surface area is 104 Å². The molecule has 0 aliphatic carbocycles. The zero-order valence-corrected chi connectivity index (χ0v) is 10.8. The Morgan fingerprint density at radius 1 is 1.29 bits per heavy atom. The van der Waals surface area contributed by atoms with Crippen molar-refractivity contribution in [1.29, 1.82) is 0 Å². The lowest BCUT2D eigenvalue weighted by Crippen LogP contribution is -2.33. The summed E-state index contributed by atoms with van der Waals surface area (Å²) >= 11 is 0. The van der Waals surface area contributed by atoms with Crippen LogP contribution < -0.4 is 5.73 Å². The molecule has 0 fully saturated rings. The van der Waals surface area contributed by atoms with Gasteiger partial charge in [0.1, 0.15) is 0 Å². The monoisotopic (exact) mass is 234 g/mol. The number of hydrogen-bond donors (Lipinski definition) is 1. The van der Waals surface area contributed by atoms with Gasteiger partial charge in [-0.05, 0) is 25.0 Å². The fourth-order valence-corrected chi connectivity index (χ4v) is 1.78. The summed E-state index contributed by atoms with van der Waals surface area (Å²) < 4.78 is 0. The molecule has 17 heavy (non-hydrogen) atoms. The summed E-state index contributed by atoms with van der Waals surface area (Å²) in [5.41, 5.74) is 7.46. The van der Waals surface area contributed by atoms with Crippen molar-refractivity contribution in [3.05, 3.63) is 29.8 Å². The van der Waals surface area contributed by atoms with Crippen LogP contribution in [-0.2, 0) is 11.2 Å². The van der Waals surface area contributed by atoms with E-state index in [1.165, 1.54) is 0 Å². The number of nitrogens with zero attached hydrogens (tertiary/aromatic N) is 1. The molecule has 0 saturated carbocycles. The second-order valence-electron chi connectivity index (χ2n) is 4.20. The molecule has 1 rings (SSSR count). The molecule has 0 aliphatic heterocycles. The number of unbranched alkanes of at least 4 members (excludes halogenated alkanes) is 1. The Hall–Kier alpha value is -1.51. The van der Waals surface area contributed by atoms with Crippen molar-refractivity contribution in [2.24, 2.45) is 0 Å². The van der Waals surface area contributed by atoms with E-state index in [0.29, 0.717) is 12.1 Å². The Bertz CT molecular complexity index is 363. The molecule has 0 spiro atoms. The molecular formula is C14H22N2O. The Morgan fingerprint density at radius 3 is 2.59 bits per heavy atom. The third kappa shape index (κ3) is 4.10. The van der Waals surface area contributed by atoms with Gasteiger partial charge in [0.25, 0.3) is 0 Å². The second-order valence-corrected chi connectivity index (χ2v) is 4.20. The first-order chi connectivity index (χ1) is 8.19. The van der Waals surface area contributed by atoms with E-state index >= 15 is 0 Å². The van der Waals surface area contributed by atoms with Gasteiger partial charge in [-0.2, -0.15) is 0 Å². The molecule has 0 atom stereocenters. The number of benzene rings is 1. The van der Waals surface area contributed by atoms with Gasteiger partial charge in [-0.3, -0.25) is 4.79 Å². The first kappa shape index (κ1) is 13.6. The number of amides is 1. The topological polar surface area (TPSA) is 46.3 Å². The van der Waals surface area contributed by atoms with Gasteiger partial charge in [0.15, 0.2) is 0 Å². The Balaban J connectivity index is 2.61. The summed E-state index contributed by atoms with van der Waals surface area (Å²) in [5.74, 6) is 0.166.